The largest absolute Gasteiger partial charge is 0.445 e. The second-order valence-electron chi connectivity index (χ2n) is 4.40. The summed E-state index contributed by atoms with van der Waals surface area (Å²) in [6.07, 6.45) is -0.627. The molecule has 0 saturated carbocycles. The fraction of sp³-hybridized carbons (Fsp3) is 0.200. The van der Waals surface area contributed by atoms with Gasteiger partial charge in [0.2, 0.25) is 5.91 Å². The molecule has 116 valence electrons. The van der Waals surface area contributed by atoms with E-state index in [2.05, 4.69) is 10.6 Å². The quantitative estimate of drug-likeness (QED) is 0.851. The van der Waals surface area contributed by atoms with E-state index in [4.69, 9.17) is 16.3 Å². The lowest BCUT2D eigenvalue weighted by Gasteiger charge is -2.07. The molecular weight excluding hydrogens is 324 g/mol. The first-order valence-electron chi connectivity index (χ1n) is 6.59. The van der Waals surface area contributed by atoms with Crippen LogP contribution in [0, 0.1) is 0 Å². The zero-order valence-corrected chi connectivity index (χ0v) is 13.2. The molecule has 0 radical (unpaired) electrons. The molecule has 0 bridgehead atoms. The lowest BCUT2D eigenvalue weighted by molar-refractivity contribution is -0.120. The van der Waals surface area contributed by atoms with Gasteiger partial charge in [0, 0.05) is 4.88 Å². The molecule has 22 heavy (non-hydrogen) atoms. The number of alkyl carbamates (subject to hydrolysis) is 1. The Morgan fingerprint density at radius 1 is 1.09 bits per heavy atom. The first-order chi connectivity index (χ1) is 10.6. The molecule has 2 aromatic rings. The Bertz CT molecular complexity index is 631. The molecule has 0 saturated heterocycles. The van der Waals surface area contributed by atoms with Crippen LogP contribution in [0.2, 0.25) is 4.34 Å². The molecule has 2 amide bonds. The minimum absolute atomic E-state index is 0.132. The molecule has 0 aliphatic heterocycles. The number of amides is 2. The van der Waals surface area contributed by atoms with Crippen LogP contribution in [0.25, 0.3) is 0 Å². The van der Waals surface area contributed by atoms with Crippen LogP contribution in [0.4, 0.5) is 4.79 Å². The molecule has 0 spiro atoms. The number of carbonyl (C=O) groups is 2. The number of ether oxygens (including phenoxy) is 1. The first kappa shape index (κ1) is 16.3. The van der Waals surface area contributed by atoms with Crippen molar-refractivity contribution in [3.8, 4) is 0 Å². The fourth-order valence-electron chi connectivity index (χ4n) is 1.62. The maximum absolute atomic E-state index is 11.6. The van der Waals surface area contributed by atoms with Gasteiger partial charge in [-0.2, -0.15) is 0 Å². The Balaban J connectivity index is 1.62. The highest BCUT2D eigenvalue weighted by molar-refractivity contribution is 7.16. The van der Waals surface area contributed by atoms with Crippen molar-refractivity contribution in [1.29, 1.82) is 0 Å². The lowest BCUT2D eigenvalue weighted by Crippen LogP contribution is -2.36. The van der Waals surface area contributed by atoms with Crippen molar-refractivity contribution in [3.05, 3.63) is 57.2 Å². The Kier molecular flexibility index (Phi) is 6.24. The standard InChI is InChI=1S/C15H15ClN2O3S/c16-13-7-6-12(22-13)8-17-14(19)9-18-15(20)21-10-11-4-2-1-3-5-11/h1-7H,8-10H2,(H,17,19)(H,18,20). The van der Waals surface area contributed by atoms with Crippen LogP contribution in [0.1, 0.15) is 10.4 Å². The second kappa shape index (κ2) is 8.41. The van der Waals surface area contributed by atoms with Crippen molar-refractivity contribution >= 4 is 34.9 Å². The van der Waals surface area contributed by atoms with E-state index in [9.17, 15) is 9.59 Å². The molecule has 2 rings (SSSR count). The molecule has 0 unspecified atom stereocenters. The smallest absolute Gasteiger partial charge is 0.407 e. The number of carbonyl (C=O) groups excluding carboxylic acids is 2. The van der Waals surface area contributed by atoms with Crippen LogP contribution in [0.3, 0.4) is 0 Å². The van der Waals surface area contributed by atoms with E-state index >= 15 is 0 Å². The summed E-state index contributed by atoms with van der Waals surface area (Å²) in [5.41, 5.74) is 0.886. The molecule has 0 aliphatic carbocycles. The van der Waals surface area contributed by atoms with E-state index in [1.807, 2.05) is 36.4 Å². The van der Waals surface area contributed by atoms with E-state index in [1.54, 1.807) is 6.07 Å². The van der Waals surface area contributed by atoms with Crippen molar-refractivity contribution < 1.29 is 14.3 Å². The van der Waals surface area contributed by atoms with Gasteiger partial charge in [-0.05, 0) is 17.7 Å². The third-order valence-electron chi connectivity index (χ3n) is 2.69. The highest BCUT2D eigenvalue weighted by Gasteiger charge is 2.07. The summed E-state index contributed by atoms with van der Waals surface area (Å²) < 4.78 is 5.67. The summed E-state index contributed by atoms with van der Waals surface area (Å²) >= 11 is 7.19. The van der Waals surface area contributed by atoms with Crippen LogP contribution in [-0.4, -0.2) is 18.5 Å². The molecule has 0 atom stereocenters. The van der Waals surface area contributed by atoms with E-state index in [0.29, 0.717) is 10.9 Å². The summed E-state index contributed by atoms with van der Waals surface area (Å²) in [6, 6.07) is 12.9. The third-order valence-corrected chi connectivity index (χ3v) is 3.93. The van der Waals surface area contributed by atoms with E-state index in [1.165, 1.54) is 11.3 Å². The predicted octanol–water partition coefficient (Wildman–Crippen LogP) is 2.94. The first-order valence-corrected chi connectivity index (χ1v) is 7.78. The monoisotopic (exact) mass is 338 g/mol. The molecule has 1 aromatic heterocycles. The van der Waals surface area contributed by atoms with Gasteiger partial charge in [0.15, 0.2) is 0 Å². The average molecular weight is 339 g/mol. The Morgan fingerprint density at radius 2 is 1.86 bits per heavy atom. The van der Waals surface area contributed by atoms with Gasteiger partial charge in [0.05, 0.1) is 10.9 Å². The van der Waals surface area contributed by atoms with Gasteiger partial charge in [-0.25, -0.2) is 4.79 Å². The highest BCUT2D eigenvalue weighted by atomic mass is 35.5. The maximum atomic E-state index is 11.6. The van der Waals surface area contributed by atoms with Crippen LogP contribution < -0.4 is 10.6 Å². The number of rotatable bonds is 6. The van der Waals surface area contributed by atoms with Crippen molar-refractivity contribution in [2.45, 2.75) is 13.2 Å². The minimum Gasteiger partial charge on any atom is -0.445 e. The summed E-state index contributed by atoms with van der Waals surface area (Å²) in [6.45, 7) is 0.422. The average Bonchev–Trinajstić information content (AvgIpc) is 2.95. The highest BCUT2D eigenvalue weighted by Crippen LogP contribution is 2.20. The van der Waals surface area contributed by atoms with Crippen LogP contribution >= 0.6 is 22.9 Å². The van der Waals surface area contributed by atoms with Gasteiger partial charge in [-0.1, -0.05) is 41.9 Å². The Hall–Kier alpha value is -2.05. The van der Waals surface area contributed by atoms with Gasteiger partial charge in [-0.15, -0.1) is 11.3 Å². The number of benzene rings is 1. The van der Waals surface area contributed by atoms with E-state index < -0.39 is 6.09 Å². The molecule has 0 fully saturated rings. The summed E-state index contributed by atoms with van der Waals surface area (Å²) in [5, 5.41) is 5.08. The lowest BCUT2D eigenvalue weighted by atomic mass is 10.2. The number of hydrogen-bond acceptors (Lipinski definition) is 4. The molecular formula is C15H15ClN2O3S. The van der Waals surface area contributed by atoms with Crippen LogP contribution in [0.5, 0.6) is 0 Å². The second-order valence-corrected chi connectivity index (χ2v) is 6.20. The van der Waals surface area contributed by atoms with Crippen molar-refractivity contribution in [1.82, 2.24) is 10.6 Å². The minimum atomic E-state index is -0.627. The SMILES string of the molecule is O=C(CNC(=O)OCc1ccccc1)NCc1ccc(Cl)s1. The zero-order valence-electron chi connectivity index (χ0n) is 11.7. The Labute approximate surface area is 137 Å². The van der Waals surface area contributed by atoms with E-state index in [0.717, 1.165) is 10.4 Å². The third kappa shape index (κ3) is 5.75. The van der Waals surface area contributed by atoms with E-state index in [-0.39, 0.29) is 19.1 Å². The molecule has 7 heteroatoms. The maximum Gasteiger partial charge on any atom is 0.407 e. The molecule has 2 N–H and O–H groups in total. The van der Waals surface area contributed by atoms with Gasteiger partial charge in [0.1, 0.15) is 13.2 Å². The van der Waals surface area contributed by atoms with Crippen molar-refractivity contribution in [3.63, 3.8) is 0 Å². The van der Waals surface area contributed by atoms with Gasteiger partial charge < -0.3 is 15.4 Å². The topological polar surface area (TPSA) is 67.4 Å². The number of halogens is 1. The number of nitrogens with one attached hydrogen (secondary N) is 2. The molecule has 1 aromatic carbocycles. The molecule has 0 aliphatic rings. The predicted molar refractivity (Wildman–Crippen MR) is 85.8 cm³/mol. The van der Waals surface area contributed by atoms with Crippen LogP contribution in [-0.2, 0) is 22.7 Å². The number of hydrogen-bond donors (Lipinski definition) is 2. The molecule has 5 nitrogen and oxygen atoms in total. The zero-order chi connectivity index (χ0) is 15.8. The fourth-order valence-corrected chi connectivity index (χ4v) is 2.65. The summed E-state index contributed by atoms with van der Waals surface area (Å²) in [5.74, 6) is -0.291. The summed E-state index contributed by atoms with van der Waals surface area (Å²) in [4.78, 5) is 24.0. The van der Waals surface area contributed by atoms with Crippen molar-refractivity contribution in [2.75, 3.05) is 6.54 Å². The van der Waals surface area contributed by atoms with Gasteiger partial charge in [0.25, 0.3) is 0 Å². The van der Waals surface area contributed by atoms with Crippen LogP contribution in [0.15, 0.2) is 42.5 Å². The summed E-state index contributed by atoms with van der Waals surface area (Å²) in [7, 11) is 0. The Morgan fingerprint density at radius 3 is 2.55 bits per heavy atom. The normalized spacial score (nSPS) is 10.0. The molecule has 1 heterocycles. The van der Waals surface area contributed by atoms with Crippen molar-refractivity contribution in [2.24, 2.45) is 0 Å². The van der Waals surface area contributed by atoms with Gasteiger partial charge in [-0.3, -0.25) is 4.79 Å². The van der Waals surface area contributed by atoms with Gasteiger partial charge >= 0.3 is 6.09 Å². The number of thiophene rings is 1.